The Labute approximate surface area is 124 Å². The van der Waals surface area contributed by atoms with E-state index in [1.54, 1.807) is 6.07 Å². The van der Waals surface area contributed by atoms with Crippen molar-refractivity contribution in [3.05, 3.63) is 54.2 Å². The van der Waals surface area contributed by atoms with Gasteiger partial charge in [-0.2, -0.15) is 0 Å². The van der Waals surface area contributed by atoms with Crippen molar-refractivity contribution in [2.24, 2.45) is 5.73 Å². The minimum atomic E-state index is -3.62. The second-order valence-electron chi connectivity index (χ2n) is 4.27. The SMILES string of the molecule is NCc1ccc(S(=O)(=O)NCCOc2ccccc2)nc1. The Morgan fingerprint density at radius 3 is 2.52 bits per heavy atom. The summed E-state index contributed by atoms with van der Waals surface area (Å²) >= 11 is 0. The summed E-state index contributed by atoms with van der Waals surface area (Å²) in [6.45, 7) is 0.730. The Hall–Kier alpha value is -1.96. The first-order chi connectivity index (χ1) is 10.1. The molecule has 1 heterocycles. The minimum absolute atomic E-state index is 0.0283. The molecule has 0 aliphatic rings. The van der Waals surface area contributed by atoms with Gasteiger partial charge in [0, 0.05) is 19.3 Å². The number of hydrogen-bond donors (Lipinski definition) is 2. The Balaban J connectivity index is 1.86. The summed E-state index contributed by atoms with van der Waals surface area (Å²) in [6.07, 6.45) is 1.45. The summed E-state index contributed by atoms with van der Waals surface area (Å²) < 4.78 is 31.8. The van der Waals surface area contributed by atoms with Crippen LogP contribution < -0.4 is 15.2 Å². The van der Waals surface area contributed by atoms with Crippen LogP contribution in [0.1, 0.15) is 5.56 Å². The molecule has 112 valence electrons. The summed E-state index contributed by atoms with van der Waals surface area (Å²) in [7, 11) is -3.62. The molecule has 3 N–H and O–H groups in total. The quantitative estimate of drug-likeness (QED) is 0.741. The second kappa shape index (κ2) is 7.16. The van der Waals surface area contributed by atoms with E-state index in [0.29, 0.717) is 12.3 Å². The van der Waals surface area contributed by atoms with Crippen LogP contribution in [0.5, 0.6) is 5.75 Å². The zero-order chi connectivity index (χ0) is 15.1. The van der Waals surface area contributed by atoms with Gasteiger partial charge in [-0.05, 0) is 23.8 Å². The summed E-state index contributed by atoms with van der Waals surface area (Å²) in [6, 6.07) is 12.3. The number of nitrogens with one attached hydrogen (secondary N) is 1. The molecule has 0 bridgehead atoms. The maximum atomic E-state index is 12.0. The smallest absolute Gasteiger partial charge is 0.258 e. The Bertz CT molecular complexity index is 658. The number of para-hydroxylation sites is 1. The molecule has 0 spiro atoms. The van der Waals surface area contributed by atoms with Gasteiger partial charge >= 0.3 is 0 Å². The molecule has 2 rings (SSSR count). The second-order valence-corrected chi connectivity index (χ2v) is 5.98. The monoisotopic (exact) mass is 307 g/mol. The first-order valence-corrected chi connectivity index (χ1v) is 7.92. The highest BCUT2D eigenvalue weighted by Crippen LogP contribution is 2.08. The lowest BCUT2D eigenvalue weighted by molar-refractivity contribution is 0.323. The van der Waals surface area contributed by atoms with E-state index in [1.807, 2.05) is 30.3 Å². The summed E-state index contributed by atoms with van der Waals surface area (Å²) in [5.41, 5.74) is 6.22. The molecule has 7 heteroatoms. The molecule has 6 nitrogen and oxygen atoms in total. The third-order valence-corrected chi connectivity index (χ3v) is 4.09. The fraction of sp³-hybridized carbons (Fsp3) is 0.214. The van der Waals surface area contributed by atoms with Crippen molar-refractivity contribution in [1.29, 1.82) is 0 Å². The average Bonchev–Trinajstić information content (AvgIpc) is 2.53. The topological polar surface area (TPSA) is 94.3 Å². The fourth-order valence-corrected chi connectivity index (χ4v) is 2.56. The van der Waals surface area contributed by atoms with Gasteiger partial charge < -0.3 is 10.5 Å². The van der Waals surface area contributed by atoms with Crippen LogP contribution in [0.15, 0.2) is 53.7 Å². The number of hydrogen-bond acceptors (Lipinski definition) is 5. The molecule has 21 heavy (non-hydrogen) atoms. The van der Waals surface area contributed by atoms with E-state index in [9.17, 15) is 8.42 Å². The number of sulfonamides is 1. The van der Waals surface area contributed by atoms with Gasteiger partial charge in [-0.25, -0.2) is 18.1 Å². The first kappa shape index (κ1) is 15.4. The molecule has 0 unspecified atom stereocenters. The number of nitrogens with two attached hydrogens (primary N) is 1. The maximum absolute atomic E-state index is 12.0. The van der Waals surface area contributed by atoms with Crippen molar-refractivity contribution in [3.8, 4) is 5.75 Å². The minimum Gasteiger partial charge on any atom is -0.492 e. The molecule has 0 saturated heterocycles. The standard InChI is InChI=1S/C14H17N3O3S/c15-10-12-6-7-14(16-11-12)21(18,19)17-8-9-20-13-4-2-1-3-5-13/h1-7,11,17H,8-10,15H2. The van der Waals surface area contributed by atoms with Crippen LogP contribution >= 0.6 is 0 Å². The highest BCUT2D eigenvalue weighted by Gasteiger charge is 2.14. The molecule has 0 radical (unpaired) electrons. The number of pyridine rings is 1. The van der Waals surface area contributed by atoms with E-state index in [-0.39, 0.29) is 18.2 Å². The Morgan fingerprint density at radius 1 is 1.14 bits per heavy atom. The molecular weight excluding hydrogens is 290 g/mol. The predicted molar refractivity (Wildman–Crippen MR) is 79.3 cm³/mol. The fourth-order valence-electron chi connectivity index (χ4n) is 1.63. The van der Waals surface area contributed by atoms with Crippen LogP contribution in [0.3, 0.4) is 0 Å². The van der Waals surface area contributed by atoms with Gasteiger partial charge in [0.1, 0.15) is 12.4 Å². The molecule has 1 aromatic heterocycles. The molecule has 0 aliphatic heterocycles. The first-order valence-electron chi connectivity index (χ1n) is 6.44. The summed E-state index contributed by atoms with van der Waals surface area (Å²) in [4.78, 5) is 3.89. The van der Waals surface area contributed by atoms with E-state index in [2.05, 4.69) is 9.71 Å². The number of aromatic nitrogens is 1. The largest absolute Gasteiger partial charge is 0.492 e. The van der Waals surface area contributed by atoms with Crippen molar-refractivity contribution in [2.45, 2.75) is 11.6 Å². The molecule has 0 saturated carbocycles. The third kappa shape index (κ3) is 4.52. The highest BCUT2D eigenvalue weighted by molar-refractivity contribution is 7.89. The predicted octanol–water partition coefficient (Wildman–Crippen LogP) is 0.898. The average molecular weight is 307 g/mol. The molecule has 2 aromatic rings. The molecular formula is C14H17N3O3S. The normalized spacial score (nSPS) is 11.3. The van der Waals surface area contributed by atoms with Crippen molar-refractivity contribution < 1.29 is 13.2 Å². The van der Waals surface area contributed by atoms with Crippen LogP contribution in [0.2, 0.25) is 0 Å². The van der Waals surface area contributed by atoms with Gasteiger partial charge in [-0.15, -0.1) is 0 Å². The van der Waals surface area contributed by atoms with E-state index in [0.717, 1.165) is 5.56 Å². The molecule has 0 atom stereocenters. The van der Waals surface area contributed by atoms with Crippen LogP contribution in [-0.2, 0) is 16.6 Å². The Morgan fingerprint density at radius 2 is 1.90 bits per heavy atom. The third-order valence-electron chi connectivity index (χ3n) is 2.71. The van der Waals surface area contributed by atoms with Crippen molar-refractivity contribution in [2.75, 3.05) is 13.2 Å². The van der Waals surface area contributed by atoms with Gasteiger partial charge in [0.2, 0.25) is 0 Å². The number of nitrogens with zero attached hydrogens (tertiary/aromatic N) is 1. The van der Waals surface area contributed by atoms with Crippen LogP contribution in [0.25, 0.3) is 0 Å². The van der Waals surface area contributed by atoms with Crippen LogP contribution in [-0.4, -0.2) is 26.6 Å². The van der Waals surface area contributed by atoms with Crippen molar-refractivity contribution >= 4 is 10.0 Å². The molecule has 0 aliphatic carbocycles. The molecule has 0 amide bonds. The number of ether oxygens (including phenoxy) is 1. The summed E-state index contributed by atoms with van der Waals surface area (Å²) in [5.74, 6) is 0.696. The van der Waals surface area contributed by atoms with Crippen molar-refractivity contribution in [3.63, 3.8) is 0 Å². The molecule has 0 fully saturated rings. The maximum Gasteiger partial charge on any atom is 0.258 e. The van der Waals surface area contributed by atoms with E-state index in [1.165, 1.54) is 12.3 Å². The highest BCUT2D eigenvalue weighted by atomic mass is 32.2. The van der Waals surface area contributed by atoms with Crippen LogP contribution in [0, 0.1) is 0 Å². The van der Waals surface area contributed by atoms with Gasteiger partial charge in [0.25, 0.3) is 10.0 Å². The lowest BCUT2D eigenvalue weighted by Gasteiger charge is -2.08. The van der Waals surface area contributed by atoms with E-state index in [4.69, 9.17) is 10.5 Å². The zero-order valence-electron chi connectivity index (χ0n) is 11.4. The van der Waals surface area contributed by atoms with Gasteiger partial charge in [-0.1, -0.05) is 24.3 Å². The van der Waals surface area contributed by atoms with E-state index >= 15 is 0 Å². The lowest BCUT2D eigenvalue weighted by atomic mass is 10.3. The Kier molecular flexibility index (Phi) is 5.26. The zero-order valence-corrected chi connectivity index (χ0v) is 12.2. The van der Waals surface area contributed by atoms with Gasteiger partial charge in [0.05, 0.1) is 0 Å². The van der Waals surface area contributed by atoms with E-state index < -0.39 is 10.0 Å². The lowest BCUT2D eigenvalue weighted by Crippen LogP contribution is -2.29. The number of benzene rings is 1. The van der Waals surface area contributed by atoms with Gasteiger partial charge in [0.15, 0.2) is 5.03 Å². The summed E-state index contributed by atoms with van der Waals surface area (Å²) in [5, 5.41) is -0.0283. The number of rotatable bonds is 7. The van der Waals surface area contributed by atoms with Crippen molar-refractivity contribution in [1.82, 2.24) is 9.71 Å². The van der Waals surface area contributed by atoms with Gasteiger partial charge in [-0.3, -0.25) is 0 Å². The molecule has 1 aromatic carbocycles. The van der Waals surface area contributed by atoms with Crippen LogP contribution in [0.4, 0.5) is 0 Å².